The van der Waals surface area contributed by atoms with E-state index < -0.39 is 5.63 Å². The van der Waals surface area contributed by atoms with Gasteiger partial charge >= 0.3 is 5.63 Å². The fraction of sp³-hybridized carbons (Fsp3) is 0.167. The number of para-hydroxylation sites is 1. The van der Waals surface area contributed by atoms with Crippen molar-refractivity contribution in [3.05, 3.63) is 75.1 Å². The Bertz CT molecular complexity index is 921. The number of rotatable bonds is 2. The van der Waals surface area contributed by atoms with Crippen LogP contribution in [0.5, 0.6) is 5.75 Å². The summed E-state index contributed by atoms with van der Waals surface area (Å²) in [7, 11) is 0. The highest BCUT2D eigenvalue weighted by Gasteiger charge is 2.27. The fourth-order valence-electron chi connectivity index (χ4n) is 2.92. The summed E-state index contributed by atoms with van der Waals surface area (Å²) in [5.74, 6) is 0.556. The van der Waals surface area contributed by atoms with E-state index in [1.54, 1.807) is 18.2 Å². The minimum Gasteiger partial charge on any atom is -0.507 e. The maximum atomic E-state index is 12.1. The lowest BCUT2D eigenvalue weighted by molar-refractivity contribution is 0.458. The van der Waals surface area contributed by atoms with Crippen LogP contribution in [0, 0.1) is 0 Å². The standard InChI is InChI=1S/C18H14O3/c1-10-12-7-6-11(8-14(10)12)9-15-17(19)13-4-2-3-5-16(13)21-18(15)20/h2-8,10,19H,9H2,1H3. The van der Waals surface area contributed by atoms with Crippen molar-refractivity contribution in [1.82, 2.24) is 0 Å². The van der Waals surface area contributed by atoms with E-state index in [-0.39, 0.29) is 5.75 Å². The molecule has 104 valence electrons. The van der Waals surface area contributed by atoms with Crippen molar-refractivity contribution in [3.63, 3.8) is 0 Å². The van der Waals surface area contributed by atoms with Gasteiger partial charge in [-0.25, -0.2) is 4.79 Å². The minimum absolute atomic E-state index is 0.0276. The van der Waals surface area contributed by atoms with E-state index in [2.05, 4.69) is 19.1 Å². The molecule has 1 heterocycles. The van der Waals surface area contributed by atoms with Crippen LogP contribution in [0.2, 0.25) is 0 Å². The van der Waals surface area contributed by atoms with Gasteiger partial charge in [0.2, 0.25) is 0 Å². The Kier molecular flexibility index (Phi) is 2.45. The second-order valence-electron chi connectivity index (χ2n) is 5.57. The molecule has 0 aliphatic heterocycles. The van der Waals surface area contributed by atoms with Gasteiger partial charge in [0.05, 0.1) is 10.9 Å². The Labute approximate surface area is 121 Å². The van der Waals surface area contributed by atoms with E-state index in [0.29, 0.717) is 28.9 Å². The first-order valence-electron chi connectivity index (χ1n) is 7.01. The van der Waals surface area contributed by atoms with Crippen molar-refractivity contribution in [2.75, 3.05) is 0 Å². The van der Waals surface area contributed by atoms with E-state index >= 15 is 0 Å². The van der Waals surface area contributed by atoms with E-state index in [0.717, 1.165) is 5.56 Å². The molecule has 1 aliphatic rings. The molecule has 0 saturated carbocycles. The number of benzene rings is 2. The highest BCUT2D eigenvalue weighted by atomic mass is 16.4. The van der Waals surface area contributed by atoms with Crippen LogP contribution in [-0.2, 0) is 6.42 Å². The molecule has 21 heavy (non-hydrogen) atoms. The van der Waals surface area contributed by atoms with Gasteiger partial charge in [-0.15, -0.1) is 0 Å². The summed E-state index contributed by atoms with van der Waals surface area (Å²) in [6.45, 7) is 2.16. The molecule has 0 radical (unpaired) electrons. The molecule has 0 amide bonds. The van der Waals surface area contributed by atoms with E-state index in [1.165, 1.54) is 11.1 Å². The Morgan fingerprint density at radius 1 is 1.14 bits per heavy atom. The molecule has 3 nitrogen and oxygen atoms in total. The maximum Gasteiger partial charge on any atom is 0.343 e. The summed E-state index contributed by atoms with van der Waals surface area (Å²) in [4.78, 5) is 12.1. The van der Waals surface area contributed by atoms with E-state index in [9.17, 15) is 9.90 Å². The predicted molar refractivity (Wildman–Crippen MR) is 80.9 cm³/mol. The van der Waals surface area contributed by atoms with E-state index in [1.807, 2.05) is 12.1 Å². The van der Waals surface area contributed by atoms with Crippen LogP contribution in [0.3, 0.4) is 0 Å². The third-order valence-corrected chi connectivity index (χ3v) is 4.26. The van der Waals surface area contributed by atoms with Crippen LogP contribution in [-0.4, -0.2) is 5.11 Å². The number of hydrogen-bond donors (Lipinski definition) is 1. The molecule has 1 unspecified atom stereocenters. The first-order valence-corrected chi connectivity index (χ1v) is 7.01. The molecule has 1 N–H and O–H groups in total. The first-order chi connectivity index (χ1) is 10.1. The molecule has 3 heteroatoms. The molecule has 3 aromatic rings. The summed E-state index contributed by atoms with van der Waals surface area (Å²) in [6.07, 6.45) is 0.388. The SMILES string of the molecule is CC1c2ccc(Cc3c(O)c4ccccc4oc3=O)cc21. The van der Waals surface area contributed by atoms with Gasteiger partial charge in [0.25, 0.3) is 0 Å². The molecule has 0 saturated heterocycles. The fourth-order valence-corrected chi connectivity index (χ4v) is 2.92. The summed E-state index contributed by atoms with van der Waals surface area (Å²) >= 11 is 0. The van der Waals surface area contributed by atoms with Crippen molar-refractivity contribution in [2.45, 2.75) is 19.3 Å². The molecule has 1 aliphatic carbocycles. The summed E-state index contributed by atoms with van der Waals surface area (Å²) in [6, 6.07) is 13.2. The average molecular weight is 278 g/mol. The topological polar surface area (TPSA) is 50.4 Å². The molecular weight excluding hydrogens is 264 g/mol. The number of fused-ring (bicyclic) bond motifs is 2. The summed E-state index contributed by atoms with van der Waals surface area (Å²) in [5.41, 5.74) is 3.99. The minimum atomic E-state index is -0.468. The summed E-state index contributed by atoms with van der Waals surface area (Å²) in [5, 5.41) is 10.9. The molecular formula is C18H14O3. The van der Waals surface area contributed by atoms with Gasteiger partial charge in [-0.05, 0) is 28.8 Å². The van der Waals surface area contributed by atoms with Gasteiger partial charge in [-0.1, -0.05) is 37.3 Å². The third kappa shape index (κ3) is 1.85. The second-order valence-corrected chi connectivity index (χ2v) is 5.57. The molecule has 1 atom stereocenters. The Hall–Kier alpha value is -2.55. The van der Waals surface area contributed by atoms with Gasteiger partial charge in [0, 0.05) is 12.3 Å². The molecule has 0 spiro atoms. The lowest BCUT2D eigenvalue weighted by Gasteiger charge is -2.06. The Morgan fingerprint density at radius 2 is 1.95 bits per heavy atom. The van der Waals surface area contributed by atoms with Crippen LogP contribution in [0.15, 0.2) is 51.7 Å². The highest BCUT2D eigenvalue weighted by molar-refractivity contribution is 5.84. The molecule has 2 aromatic carbocycles. The second kappa shape index (κ2) is 4.22. The normalized spacial score (nSPS) is 16.0. The lowest BCUT2D eigenvalue weighted by atomic mass is 10.0. The predicted octanol–water partition coefficient (Wildman–Crippen LogP) is 3.55. The zero-order valence-corrected chi connectivity index (χ0v) is 11.6. The largest absolute Gasteiger partial charge is 0.507 e. The van der Waals surface area contributed by atoms with Gasteiger partial charge in [0.1, 0.15) is 11.3 Å². The smallest absolute Gasteiger partial charge is 0.343 e. The molecule has 0 bridgehead atoms. The Morgan fingerprint density at radius 3 is 2.76 bits per heavy atom. The van der Waals surface area contributed by atoms with Crippen molar-refractivity contribution in [1.29, 1.82) is 0 Å². The van der Waals surface area contributed by atoms with Gasteiger partial charge in [0.15, 0.2) is 0 Å². The van der Waals surface area contributed by atoms with Crippen LogP contribution >= 0.6 is 0 Å². The van der Waals surface area contributed by atoms with Crippen LogP contribution in [0.1, 0.15) is 35.1 Å². The van der Waals surface area contributed by atoms with Crippen LogP contribution in [0.25, 0.3) is 11.0 Å². The Balaban J connectivity index is 1.81. The zero-order valence-electron chi connectivity index (χ0n) is 11.6. The van der Waals surface area contributed by atoms with Crippen molar-refractivity contribution < 1.29 is 9.52 Å². The third-order valence-electron chi connectivity index (χ3n) is 4.26. The lowest BCUT2D eigenvalue weighted by Crippen LogP contribution is -2.08. The van der Waals surface area contributed by atoms with Gasteiger partial charge in [-0.2, -0.15) is 0 Å². The van der Waals surface area contributed by atoms with E-state index in [4.69, 9.17) is 4.42 Å². The van der Waals surface area contributed by atoms with Crippen LogP contribution < -0.4 is 5.63 Å². The molecule has 0 fully saturated rings. The van der Waals surface area contributed by atoms with Crippen LogP contribution in [0.4, 0.5) is 0 Å². The summed E-state index contributed by atoms with van der Waals surface area (Å²) < 4.78 is 5.29. The van der Waals surface area contributed by atoms with Crippen molar-refractivity contribution in [2.24, 2.45) is 0 Å². The van der Waals surface area contributed by atoms with Gasteiger partial charge < -0.3 is 9.52 Å². The number of hydrogen-bond acceptors (Lipinski definition) is 3. The molecule has 4 rings (SSSR count). The first kappa shape index (κ1) is 12.2. The van der Waals surface area contributed by atoms with Gasteiger partial charge in [-0.3, -0.25) is 0 Å². The number of aromatic hydroxyl groups is 1. The monoisotopic (exact) mass is 278 g/mol. The zero-order chi connectivity index (χ0) is 14.6. The van der Waals surface area contributed by atoms with Crippen molar-refractivity contribution >= 4 is 11.0 Å². The quantitative estimate of drug-likeness (QED) is 0.729. The molecule has 1 aromatic heterocycles. The van der Waals surface area contributed by atoms with Crippen molar-refractivity contribution in [3.8, 4) is 5.75 Å². The highest BCUT2D eigenvalue weighted by Crippen LogP contribution is 2.43. The maximum absolute atomic E-state index is 12.1. The average Bonchev–Trinajstić information content (AvgIpc) is 3.13.